The Morgan fingerprint density at radius 2 is 1.67 bits per heavy atom. The molecule has 0 saturated heterocycles. The minimum atomic E-state index is -0.192. The van der Waals surface area contributed by atoms with Crippen LogP contribution >= 0.6 is 15.9 Å². The maximum atomic E-state index is 11.9. The van der Waals surface area contributed by atoms with Crippen molar-refractivity contribution < 1.29 is 9.59 Å². The summed E-state index contributed by atoms with van der Waals surface area (Å²) in [6.45, 7) is 1.84. The number of carbonyl (C=O) groups excluding carboxylic acids is 2. The number of alkyl halides is 1. The summed E-state index contributed by atoms with van der Waals surface area (Å²) in [6, 6.07) is 6.81. The number of hydrogen-bond donors (Lipinski definition) is 0. The van der Waals surface area contributed by atoms with Crippen LogP contribution in [0.2, 0.25) is 0 Å². The van der Waals surface area contributed by atoms with E-state index in [9.17, 15) is 9.59 Å². The Hall–Kier alpha value is -1.16. The first-order valence-corrected chi connectivity index (χ1v) is 5.82. The first-order chi connectivity index (χ1) is 7.16. The lowest BCUT2D eigenvalue weighted by Gasteiger charge is -2.19. The van der Waals surface area contributed by atoms with Gasteiger partial charge in [-0.25, -0.2) is 0 Å². The van der Waals surface area contributed by atoms with Gasteiger partial charge in [0, 0.05) is 11.4 Å². The first-order valence-electron chi connectivity index (χ1n) is 4.69. The average molecular weight is 268 g/mol. The van der Waals surface area contributed by atoms with Gasteiger partial charge in [-0.2, -0.15) is 0 Å². The second-order valence-electron chi connectivity index (χ2n) is 3.53. The summed E-state index contributed by atoms with van der Waals surface area (Å²) in [5, 5.41) is 0.596. The van der Waals surface area contributed by atoms with Crippen molar-refractivity contribution in [3.8, 4) is 0 Å². The molecule has 3 nitrogen and oxygen atoms in total. The second kappa shape index (κ2) is 3.77. The molecule has 0 unspecified atom stereocenters. The van der Waals surface area contributed by atoms with Gasteiger partial charge < -0.3 is 0 Å². The van der Waals surface area contributed by atoms with Gasteiger partial charge >= 0.3 is 0 Å². The topological polar surface area (TPSA) is 37.4 Å². The van der Waals surface area contributed by atoms with Crippen molar-refractivity contribution in [2.45, 2.75) is 13.0 Å². The summed E-state index contributed by atoms with van der Waals surface area (Å²) in [5.74, 6) is -0.384. The van der Waals surface area contributed by atoms with Gasteiger partial charge in [0.05, 0.1) is 11.1 Å². The molecule has 0 aliphatic carbocycles. The molecule has 78 valence electrons. The summed E-state index contributed by atoms with van der Waals surface area (Å²) in [7, 11) is 0. The number of benzene rings is 1. The highest BCUT2D eigenvalue weighted by atomic mass is 79.9. The van der Waals surface area contributed by atoms with E-state index in [1.165, 1.54) is 4.90 Å². The number of rotatable bonds is 2. The van der Waals surface area contributed by atoms with Crippen LogP contribution in [-0.4, -0.2) is 28.1 Å². The largest absolute Gasteiger partial charge is 0.271 e. The van der Waals surface area contributed by atoms with Crippen molar-refractivity contribution in [1.29, 1.82) is 0 Å². The number of halogens is 1. The zero-order valence-corrected chi connectivity index (χ0v) is 9.82. The van der Waals surface area contributed by atoms with Gasteiger partial charge in [0.25, 0.3) is 11.8 Å². The van der Waals surface area contributed by atoms with Crippen LogP contribution in [0.4, 0.5) is 0 Å². The Kier molecular flexibility index (Phi) is 2.61. The molecule has 0 bridgehead atoms. The van der Waals surface area contributed by atoms with Crippen LogP contribution in [0.1, 0.15) is 27.6 Å². The van der Waals surface area contributed by atoms with Crippen LogP contribution in [0.5, 0.6) is 0 Å². The summed E-state index contributed by atoms with van der Waals surface area (Å²) >= 11 is 3.28. The van der Waals surface area contributed by atoms with Crippen molar-refractivity contribution in [3.63, 3.8) is 0 Å². The number of fused-ring (bicyclic) bond motifs is 1. The molecule has 0 fully saturated rings. The van der Waals surface area contributed by atoms with E-state index in [1.54, 1.807) is 24.3 Å². The van der Waals surface area contributed by atoms with E-state index in [0.29, 0.717) is 16.5 Å². The molecule has 1 aromatic rings. The molecule has 15 heavy (non-hydrogen) atoms. The van der Waals surface area contributed by atoms with Crippen molar-refractivity contribution in [1.82, 2.24) is 4.90 Å². The Labute approximate surface area is 96.2 Å². The Morgan fingerprint density at radius 3 is 2.07 bits per heavy atom. The van der Waals surface area contributed by atoms with Gasteiger partial charge in [-0.05, 0) is 19.1 Å². The molecule has 0 N–H and O–H groups in total. The maximum Gasteiger partial charge on any atom is 0.261 e. The molecule has 1 aliphatic rings. The van der Waals surface area contributed by atoms with Crippen molar-refractivity contribution >= 4 is 27.7 Å². The van der Waals surface area contributed by atoms with Gasteiger partial charge in [0.1, 0.15) is 0 Å². The molecule has 0 radical (unpaired) electrons. The zero-order chi connectivity index (χ0) is 11.0. The highest BCUT2D eigenvalue weighted by Gasteiger charge is 2.37. The fourth-order valence-electron chi connectivity index (χ4n) is 1.68. The van der Waals surface area contributed by atoms with E-state index in [0.717, 1.165) is 0 Å². The molecule has 0 saturated carbocycles. The SMILES string of the molecule is C[C@@H](CBr)N1C(=O)c2ccccc2C1=O. The minimum absolute atomic E-state index is 0.114. The fraction of sp³-hybridized carbons (Fsp3) is 0.273. The molecule has 2 rings (SSSR count). The third-order valence-electron chi connectivity index (χ3n) is 2.49. The van der Waals surface area contributed by atoms with Crippen LogP contribution < -0.4 is 0 Å². The van der Waals surface area contributed by atoms with Crippen molar-refractivity contribution in [3.05, 3.63) is 35.4 Å². The Bertz CT molecular complexity index is 395. The van der Waals surface area contributed by atoms with Crippen LogP contribution in [0.3, 0.4) is 0 Å². The summed E-state index contributed by atoms with van der Waals surface area (Å²) in [4.78, 5) is 25.1. The van der Waals surface area contributed by atoms with Gasteiger partial charge in [-0.3, -0.25) is 14.5 Å². The molecule has 1 atom stereocenters. The standard InChI is InChI=1S/C11H10BrNO2/c1-7(6-12)13-10(14)8-4-2-3-5-9(8)11(13)15/h2-5,7H,6H2,1H3/t7-/m0/s1. The molecule has 1 aromatic carbocycles. The van der Waals surface area contributed by atoms with Gasteiger partial charge in [0.2, 0.25) is 0 Å². The highest BCUT2D eigenvalue weighted by Crippen LogP contribution is 2.24. The molecule has 1 heterocycles. The maximum absolute atomic E-state index is 11.9. The van der Waals surface area contributed by atoms with Crippen LogP contribution in [-0.2, 0) is 0 Å². The van der Waals surface area contributed by atoms with Gasteiger partial charge in [-0.15, -0.1) is 0 Å². The Morgan fingerprint density at radius 1 is 1.20 bits per heavy atom. The van der Waals surface area contributed by atoms with Gasteiger partial charge in [0.15, 0.2) is 0 Å². The molecule has 4 heteroatoms. The van der Waals surface area contributed by atoms with Crippen molar-refractivity contribution in [2.24, 2.45) is 0 Å². The predicted molar refractivity (Wildman–Crippen MR) is 60.2 cm³/mol. The third-order valence-corrected chi connectivity index (χ3v) is 3.43. The first kappa shape index (κ1) is 10.4. The van der Waals surface area contributed by atoms with Crippen LogP contribution in [0, 0.1) is 0 Å². The summed E-state index contributed by atoms with van der Waals surface area (Å²) in [5.41, 5.74) is 1.02. The number of hydrogen-bond acceptors (Lipinski definition) is 2. The lowest BCUT2D eigenvalue weighted by molar-refractivity contribution is 0.0612. The number of amides is 2. The summed E-state index contributed by atoms with van der Waals surface area (Å²) in [6.07, 6.45) is 0. The monoisotopic (exact) mass is 267 g/mol. The Balaban J connectivity index is 2.45. The van der Waals surface area contributed by atoms with Crippen molar-refractivity contribution in [2.75, 3.05) is 5.33 Å². The van der Waals surface area contributed by atoms with E-state index in [-0.39, 0.29) is 17.9 Å². The predicted octanol–water partition coefficient (Wildman–Crippen LogP) is 2.07. The van der Waals surface area contributed by atoms with E-state index < -0.39 is 0 Å². The quantitative estimate of drug-likeness (QED) is 0.608. The minimum Gasteiger partial charge on any atom is -0.271 e. The molecular weight excluding hydrogens is 258 g/mol. The lowest BCUT2D eigenvalue weighted by atomic mass is 10.1. The molecule has 2 amide bonds. The lowest BCUT2D eigenvalue weighted by Crippen LogP contribution is -2.38. The van der Waals surface area contributed by atoms with Crippen LogP contribution in [0.25, 0.3) is 0 Å². The van der Waals surface area contributed by atoms with Gasteiger partial charge in [-0.1, -0.05) is 28.1 Å². The van der Waals surface area contributed by atoms with E-state index in [1.807, 2.05) is 6.92 Å². The smallest absolute Gasteiger partial charge is 0.261 e. The van der Waals surface area contributed by atoms with E-state index >= 15 is 0 Å². The number of imide groups is 1. The highest BCUT2D eigenvalue weighted by molar-refractivity contribution is 9.09. The number of carbonyl (C=O) groups is 2. The zero-order valence-electron chi connectivity index (χ0n) is 8.24. The average Bonchev–Trinajstić information content (AvgIpc) is 2.52. The molecule has 0 aromatic heterocycles. The normalized spacial score (nSPS) is 16.8. The number of nitrogens with zero attached hydrogens (tertiary/aromatic N) is 1. The summed E-state index contributed by atoms with van der Waals surface area (Å²) < 4.78 is 0. The van der Waals surface area contributed by atoms with E-state index in [4.69, 9.17) is 0 Å². The molecular formula is C11H10BrNO2. The second-order valence-corrected chi connectivity index (χ2v) is 4.18. The van der Waals surface area contributed by atoms with E-state index in [2.05, 4.69) is 15.9 Å². The molecule has 1 aliphatic heterocycles. The van der Waals surface area contributed by atoms with Crippen LogP contribution in [0.15, 0.2) is 24.3 Å². The third kappa shape index (κ3) is 1.49. The molecule has 0 spiro atoms. The fourth-order valence-corrected chi connectivity index (χ4v) is 1.97.